The van der Waals surface area contributed by atoms with Crippen molar-refractivity contribution in [3.05, 3.63) is 5.82 Å². The van der Waals surface area contributed by atoms with Crippen LogP contribution in [0.15, 0.2) is 0 Å². The molecule has 1 saturated carbocycles. The van der Waals surface area contributed by atoms with Crippen molar-refractivity contribution in [2.45, 2.75) is 31.8 Å². The van der Waals surface area contributed by atoms with Crippen molar-refractivity contribution in [3.8, 4) is 0 Å². The Morgan fingerprint density at radius 2 is 2.19 bits per heavy atom. The zero-order valence-corrected chi connectivity index (χ0v) is 9.29. The zero-order valence-electron chi connectivity index (χ0n) is 9.29. The molecule has 2 aliphatic rings. The molecule has 1 saturated heterocycles. The molecule has 1 N–H and O–H groups in total. The van der Waals surface area contributed by atoms with Gasteiger partial charge in [0.15, 0.2) is 5.82 Å². The summed E-state index contributed by atoms with van der Waals surface area (Å²) in [6.45, 7) is 3.13. The molecule has 0 radical (unpaired) electrons. The normalized spacial score (nSPS) is 26.4. The van der Waals surface area contributed by atoms with Crippen LogP contribution >= 0.6 is 0 Å². The van der Waals surface area contributed by atoms with Gasteiger partial charge < -0.3 is 5.11 Å². The Kier molecular flexibility index (Phi) is 2.61. The van der Waals surface area contributed by atoms with Crippen LogP contribution in [0.5, 0.6) is 0 Å². The molecular weight excluding hydrogens is 206 g/mol. The molecule has 0 amide bonds. The van der Waals surface area contributed by atoms with E-state index >= 15 is 0 Å². The van der Waals surface area contributed by atoms with Crippen LogP contribution in [0.25, 0.3) is 0 Å². The lowest BCUT2D eigenvalue weighted by molar-refractivity contribution is 0.218. The van der Waals surface area contributed by atoms with Crippen molar-refractivity contribution < 1.29 is 5.11 Å². The van der Waals surface area contributed by atoms with Crippen LogP contribution in [0, 0.1) is 5.92 Å². The summed E-state index contributed by atoms with van der Waals surface area (Å²) in [7, 11) is 0. The van der Waals surface area contributed by atoms with Gasteiger partial charge in [0.25, 0.3) is 0 Å². The van der Waals surface area contributed by atoms with Gasteiger partial charge in [0.1, 0.15) is 0 Å². The average molecular weight is 223 g/mol. The van der Waals surface area contributed by atoms with E-state index in [0.29, 0.717) is 18.6 Å². The van der Waals surface area contributed by atoms with Crippen molar-refractivity contribution in [3.63, 3.8) is 0 Å². The topological polar surface area (TPSA) is 67.1 Å². The van der Waals surface area contributed by atoms with E-state index in [4.69, 9.17) is 5.11 Å². The van der Waals surface area contributed by atoms with E-state index in [2.05, 4.69) is 20.4 Å². The van der Waals surface area contributed by atoms with Crippen molar-refractivity contribution in [1.29, 1.82) is 0 Å². The molecular formula is C10H17N5O. The minimum absolute atomic E-state index is 0.296. The third-order valence-corrected chi connectivity index (χ3v) is 3.45. The third-order valence-electron chi connectivity index (χ3n) is 3.45. The first-order valence-corrected chi connectivity index (χ1v) is 5.97. The molecule has 0 bridgehead atoms. The Bertz CT molecular complexity index is 362. The first-order valence-electron chi connectivity index (χ1n) is 5.97. The largest absolute Gasteiger partial charge is 0.396 e. The number of hydrogen-bond acceptors (Lipinski definition) is 5. The molecule has 1 aromatic heterocycles. The number of nitrogens with zero attached hydrogens (tertiary/aromatic N) is 5. The maximum atomic E-state index is 9.09. The molecule has 1 aromatic rings. The Morgan fingerprint density at radius 1 is 1.31 bits per heavy atom. The van der Waals surface area contributed by atoms with Gasteiger partial charge in [-0.3, -0.25) is 4.90 Å². The number of tetrazole rings is 1. The molecule has 6 nitrogen and oxygen atoms in total. The second-order valence-electron chi connectivity index (χ2n) is 4.84. The highest BCUT2D eigenvalue weighted by molar-refractivity contribution is 4.91. The maximum Gasteiger partial charge on any atom is 0.165 e. The number of hydrogen-bond donors (Lipinski definition) is 1. The molecule has 2 heterocycles. The van der Waals surface area contributed by atoms with Gasteiger partial charge >= 0.3 is 0 Å². The summed E-state index contributed by atoms with van der Waals surface area (Å²) in [6, 6.07) is 0.543. The van der Waals surface area contributed by atoms with Gasteiger partial charge in [-0.25, -0.2) is 4.68 Å². The fourth-order valence-electron chi connectivity index (χ4n) is 2.32. The molecule has 16 heavy (non-hydrogen) atoms. The standard InChI is InChI=1S/C10H17N5O/c16-7-8-3-4-14(5-8)6-10-11-12-13-15(10)9-1-2-9/h8-9,16H,1-7H2. The van der Waals surface area contributed by atoms with Crippen LogP contribution in [0.1, 0.15) is 31.1 Å². The molecule has 0 spiro atoms. The van der Waals surface area contributed by atoms with Crippen molar-refractivity contribution >= 4 is 0 Å². The fraction of sp³-hybridized carbons (Fsp3) is 0.900. The van der Waals surface area contributed by atoms with Crippen LogP contribution < -0.4 is 0 Å². The van der Waals surface area contributed by atoms with E-state index in [1.54, 1.807) is 0 Å². The van der Waals surface area contributed by atoms with Crippen molar-refractivity contribution in [2.75, 3.05) is 19.7 Å². The van der Waals surface area contributed by atoms with Gasteiger partial charge in [-0.15, -0.1) is 5.10 Å². The van der Waals surface area contributed by atoms with Gasteiger partial charge in [0, 0.05) is 13.2 Å². The molecule has 0 aromatic carbocycles. The number of aromatic nitrogens is 4. The van der Waals surface area contributed by atoms with Crippen LogP contribution in [0.4, 0.5) is 0 Å². The third kappa shape index (κ3) is 1.94. The monoisotopic (exact) mass is 223 g/mol. The molecule has 1 unspecified atom stereocenters. The van der Waals surface area contributed by atoms with E-state index in [0.717, 1.165) is 31.9 Å². The van der Waals surface area contributed by atoms with Gasteiger partial charge in [0.2, 0.25) is 0 Å². The minimum Gasteiger partial charge on any atom is -0.396 e. The van der Waals surface area contributed by atoms with Crippen LogP contribution in [-0.2, 0) is 6.54 Å². The highest BCUT2D eigenvalue weighted by Crippen LogP contribution is 2.34. The van der Waals surface area contributed by atoms with Crippen molar-refractivity contribution in [1.82, 2.24) is 25.1 Å². The van der Waals surface area contributed by atoms with Crippen molar-refractivity contribution in [2.24, 2.45) is 5.92 Å². The molecule has 1 aliphatic carbocycles. The first-order chi connectivity index (χ1) is 7.86. The van der Waals surface area contributed by atoms with Crippen LogP contribution in [0.3, 0.4) is 0 Å². The molecule has 1 aliphatic heterocycles. The van der Waals surface area contributed by atoms with Gasteiger partial charge in [-0.1, -0.05) is 0 Å². The Balaban J connectivity index is 1.63. The van der Waals surface area contributed by atoms with Gasteiger partial charge in [-0.2, -0.15) is 0 Å². The molecule has 6 heteroatoms. The molecule has 88 valence electrons. The van der Waals surface area contributed by atoms with Gasteiger partial charge in [0.05, 0.1) is 12.6 Å². The second-order valence-corrected chi connectivity index (χ2v) is 4.84. The number of aliphatic hydroxyl groups excluding tert-OH is 1. The quantitative estimate of drug-likeness (QED) is 0.767. The SMILES string of the molecule is OCC1CCN(Cc2nnnn2C2CC2)C1. The summed E-state index contributed by atoms with van der Waals surface area (Å²) in [5, 5.41) is 21.0. The highest BCUT2D eigenvalue weighted by Gasteiger charge is 2.29. The molecule has 3 rings (SSSR count). The lowest BCUT2D eigenvalue weighted by Crippen LogP contribution is -2.23. The number of rotatable bonds is 4. The second kappa shape index (κ2) is 4.10. The molecule has 2 fully saturated rings. The zero-order chi connectivity index (χ0) is 11.0. The number of likely N-dealkylation sites (tertiary alicyclic amines) is 1. The first kappa shape index (κ1) is 10.2. The van der Waals surface area contributed by atoms with Crippen LogP contribution in [0.2, 0.25) is 0 Å². The van der Waals surface area contributed by atoms with E-state index in [1.807, 2.05) is 4.68 Å². The summed E-state index contributed by atoms with van der Waals surface area (Å²) in [5.41, 5.74) is 0. The lowest BCUT2D eigenvalue weighted by Gasteiger charge is -2.14. The predicted molar refractivity (Wildman–Crippen MR) is 56.6 cm³/mol. The van der Waals surface area contributed by atoms with E-state index < -0.39 is 0 Å². The summed E-state index contributed by atoms with van der Waals surface area (Å²) in [4.78, 5) is 2.32. The predicted octanol–water partition coefficient (Wildman–Crippen LogP) is -0.178. The smallest absolute Gasteiger partial charge is 0.165 e. The summed E-state index contributed by atoms with van der Waals surface area (Å²) in [5.74, 6) is 1.41. The Morgan fingerprint density at radius 3 is 2.88 bits per heavy atom. The summed E-state index contributed by atoms with van der Waals surface area (Å²) in [6.07, 6.45) is 3.50. The van der Waals surface area contributed by atoms with Gasteiger partial charge in [-0.05, 0) is 42.2 Å². The summed E-state index contributed by atoms with van der Waals surface area (Å²) >= 11 is 0. The number of aliphatic hydroxyl groups is 1. The Hall–Kier alpha value is -1.01. The minimum atomic E-state index is 0.296. The fourth-order valence-corrected chi connectivity index (χ4v) is 2.32. The van der Waals surface area contributed by atoms with E-state index in [-0.39, 0.29) is 0 Å². The molecule has 1 atom stereocenters. The maximum absolute atomic E-state index is 9.09. The highest BCUT2D eigenvalue weighted by atomic mass is 16.3. The summed E-state index contributed by atoms with van der Waals surface area (Å²) < 4.78 is 1.96. The van der Waals surface area contributed by atoms with E-state index in [9.17, 15) is 0 Å². The lowest BCUT2D eigenvalue weighted by atomic mass is 10.1. The average Bonchev–Trinajstić information content (AvgIpc) is 2.88. The van der Waals surface area contributed by atoms with E-state index in [1.165, 1.54) is 12.8 Å². The Labute approximate surface area is 94.2 Å². The van der Waals surface area contributed by atoms with Crippen LogP contribution in [-0.4, -0.2) is 49.9 Å².